The van der Waals surface area contributed by atoms with Gasteiger partial charge in [0, 0.05) is 12.4 Å². The van der Waals surface area contributed by atoms with Crippen molar-refractivity contribution in [3.63, 3.8) is 0 Å². The highest BCUT2D eigenvalue weighted by atomic mass is 32.1. The number of amides is 2. The fourth-order valence-corrected chi connectivity index (χ4v) is 2.00. The molecule has 18 heavy (non-hydrogen) atoms. The molecule has 2 amide bonds. The SMILES string of the molecule is CC[C@H](NC(=O)N(C)Cc1csc(C)n1)C(=O)O. The van der Waals surface area contributed by atoms with E-state index in [1.807, 2.05) is 12.3 Å². The Labute approximate surface area is 110 Å². The van der Waals surface area contributed by atoms with Gasteiger partial charge >= 0.3 is 12.0 Å². The minimum Gasteiger partial charge on any atom is -0.480 e. The van der Waals surface area contributed by atoms with E-state index in [1.165, 1.54) is 16.2 Å². The summed E-state index contributed by atoms with van der Waals surface area (Å²) >= 11 is 1.52. The van der Waals surface area contributed by atoms with Crippen molar-refractivity contribution in [3.8, 4) is 0 Å². The number of carbonyl (C=O) groups excluding carboxylic acids is 1. The maximum atomic E-state index is 11.8. The largest absolute Gasteiger partial charge is 0.480 e. The number of hydrogen-bond acceptors (Lipinski definition) is 4. The smallest absolute Gasteiger partial charge is 0.326 e. The Morgan fingerprint density at radius 3 is 2.72 bits per heavy atom. The Bertz CT molecular complexity index is 433. The van der Waals surface area contributed by atoms with Crippen molar-refractivity contribution in [2.45, 2.75) is 32.9 Å². The summed E-state index contributed by atoms with van der Waals surface area (Å²) in [4.78, 5) is 28.2. The van der Waals surface area contributed by atoms with Crippen molar-refractivity contribution in [1.29, 1.82) is 0 Å². The third kappa shape index (κ3) is 3.99. The molecule has 0 spiro atoms. The molecule has 2 N–H and O–H groups in total. The second kappa shape index (κ2) is 6.34. The first kappa shape index (κ1) is 14.4. The number of hydrogen-bond donors (Lipinski definition) is 2. The molecule has 0 unspecified atom stereocenters. The van der Waals surface area contributed by atoms with Gasteiger partial charge in [-0.2, -0.15) is 0 Å². The van der Waals surface area contributed by atoms with Crippen LogP contribution in [0.2, 0.25) is 0 Å². The topological polar surface area (TPSA) is 82.5 Å². The Hall–Kier alpha value is -1.63. The summed E-state index contributed by atoms with van der Waals surface area (Å²) in [5, 5.41) is 14.1. The van der Waals surface area contributed by atoms with Crippen molar-refractivity contribution in [3.05, 3.63) is 16.1 Å². The molecular weight excluding hydrogens is 254 g/mol. The van der Waals surface area contributed by atoms with E-state index in [4.69, 9.17) is 5.11 Å². The lowest BCUT2D eigenvalue weighted by Crippen LogP contribution is -2.46. The molecule has 7 heteroatoms. The summed E-state index contributed by atoms with van der Waals surface area (Å²) in [6.07, 6.45) is 0.352. The van der Waals surface area contributed by atoms with Gasteiger partial charge < -0.3 is 15.3 Å². The normalized spacial score (nSPS) is 11.9. The third-order valence-electron chi connectivity index (χ3n) is 2.42. The van der Waals surface area contributed by atoms with E-state index in [-0.39, 0.29) is 0 Å². The number of nitrogens with one attached hydrogen (secondary N) is 1. The molecule has 0 aliphatic rings. The number of thiazole rings is 1. The van der Waals surface area contributed by atoms with Gasteiger partial charge in [-0.15, -0.1) is 11.3 Å². The van der Waals surface area contributed by atoms with Crippen LogP contribution in [0.4, 0.5) is 4.79 Å². The number of carboxylic acids is 1. The van der Waals surface area contributed by atoms with Crippen molar-refractivity contribution in [1.82, 2.24) is 15.2 Å². The number of urea groups is 1. The summed E-state index contributed by atoms with van der Waals surface area (Å²) in [5.41, 5.74) is 0.804. The maximum absolute atomic E-state index is 11.8. The first-order valence-electron chi connectivity index (χ1n) is 5.59. The van der Waals surface area contributed by atoms with E-state index in [1.54, 1.807) is 14.0 Å². The molecule has 0 aliphatic carbocycles. The van der Waals surface area contributed by atoms with E-state index in [9.17, 15) is 9.59 Å². The second-order valence-corrected chi connectivity index (χ2v) is 5.02. The molecule has 1 rings (SSSR count). The van der Waals surface area contributed by atoms with E-state index in [2.05, 4.69) is 10.3 Å². The summed E-state index contributed by atoms with van der Waals surface area (Å²) < 4.78 is 0. The lowest BCUT2D eigenvalue weighted by Gasteiger charge is -2.19. The zero-order valence-corrected chi connectivity index (χ0v) is 11.5. The number of aryl methyl sites for hydroxylation is 1. The molecule has 1 aromatic rings. The van der Waals surface area contributed by atoms with Crippen LogP contribution in [-0.4, -0.2) is 40.1 Å². The highest BCUT2D eigenvalue weighted by Crippen LogP contribution is 2.09. The molecule has 0 bridgehead atoms. The van der Waals surface area contributed by atoms with Crippen LogP contribution in [0.15, 0.2) is 5.38 Å². The first-order chi connectivity index (χ1) is 8.43. The van der Waals surface area contributed by atoms with Gasteiger partial charge in [0.25, 0.3) is 0 Å². The number of carbonyl (C=O) groups is 2. The van der Waals surface area contributed by atoms with Crippen molar-refractivity contribution < 1.29 is 14.7 Å². The monoisotopic (exact) mass is 271 g/mol. The number of nitrogens with zero attached hydrogens (tertiary/aromatic N) is 2. The molecule has 0 aliphatic heterocycles. The lowest BCUT2D eigenvalue weighted by atomic mass is 10.2. The summed E-state index contributed by atoms with van der Waals surface area (Å²) in [7, 11) is 1.61. The molecule has 6 nitrogen and oxygen atoms in total. The van der Waals surface area contributed by atoms with Crippen molar-refractivity contribution in [2.75, 3.05) is 7.05 Å². The molecule has 100 valence electrons. The molecule has 0 fully saturated rings. The number of aliphatic carboxylic acids is 1. The fourth-order valence-electron chi connectivity index (χ4n) is 1.39. The van der Waals surface area contributed by atoms with Gasteiger partial charge in [-0.05, 0) is 13.3 Å². The molecule has 0 radical (unpaired) electrons. The predicted octanol–water partition coefficient (Wildman–Crippen LogP) is 1.46. The third-order valence-corrected chi connectivity index (χ3v) is 3.24. The van der Waals surface area contributed by atoms with Gasteiger partial charge in [0.1, 0.15) is 6.04 Å². The predicted molar refractivity (Wildman–Crippen MR) is 68.6 cm³/mol. The molecule has 1 heterocycles. The van der Waals surface area contributed by atoms with Gasteiger partial charge in [0.15, 0.2) is 0 Å². The van der Waals surface area contributed by atoms with Crippen LogP contribution in [0.1, 0.15) is 24.0 Å². The van der Waals surface area contributed by atoms with Crippen LogP contribution in [0.25, 0.3) is 0 Å². The molecule has 0 saturated carbocycles. The van der Waals surface area contributed by atoms with Crippen LogP contribution < -0.4 is 5.32 Å². The van der Waals surface area contributed by atoms with E-state index in [0.717, 1.165) is 10.7 Å². The van der Waals surface area contributed by atoms with E-state index >= 15 is 0 Å². The van der Waals surface area contributed by atoms with Gasteiger partial charge in [0.05, 0.1) is 17.2 Å². The summed E-state index contributed by atoms with van der Waals surface area (Å²) in [5.74, 6) is -1.02. The first-order valence-corrected chi connectivity index (χ1v) is 6.47. The average molecular weight is 271 g/mol. The minimum absolute atomic E-state index is 0.352. The standard InChI is InChI=1S/C11H17N3O3S/c1-4-9(10(15)16)13-11(17)14(3)5-8-6-18-7(2)12-8/h6,9H,4-5H2,1-3H3,(H,13,17)(H,15,16)/t9-/m0/s1. The van der Waals surface area contributed by atoms with Crippen LogP contribution in [-0.2, 0) is 11.3 Å². The molecule has 0 aromatic carbocycles. The fraction of sp³-hybridized carbons (Fsp3) is 0.545. The van der Waals surface area contributed by atoms with Gasteiger partial charge in [0.2, 0.25) is 0 Å². The second-order valence-electron chi connectivity index (χ2n) is 3.96. The van der Waals surface area contributed by atoms with E-state index in [0.29, 0.717) is 13.0 Å². The summed E-state index contributed by atoms with van der Waals surface area (Å²) in [6.45, 7) is 3.97. The Balaban J connectivity index is 2.53. The average Bonchev–Trinajstić information content (AvgIpc) is 2.70. The highest BCUT2D eigenvalue weighted by Gasteiger charge is 2.20. The Kier molecular flexibility index (Phi) is 5.08. The summed E-state index contributed by atoms with van der Waals surface area (Å²) in [6, 6.07) is -1.26. The molecule has 1 aromatic heterocycles. The van der Waals surface area contributed by atoms with Crippen molar-refractivity contribution in [2.24, 2.45) is 0 Å². The van der Waals surface area contributed by atoms with Gasteiger partial charge in [-0.1, -0.05) is 6.92 Å². The quantitative estimate of drug-likeness (QED) is 0.849. The van der Waals surface area contributed by atoms with E-state index < -0.39 is 18.0 Å². The molecule has 1 atom stereocenters. The van der Waals surface area contributed by atoms with Gasteiger partial charge in [-0.3, -0.25) is 0 Å². The van der Waals surface area contributed by atoms with Crippen molar-refractivity contribution >= 4 is 23.3 Å². The number of carboxylic acid groups (broad SMARTS) is 1. The Morgan fingerprint density at radius 1 is 1.61 bits per heavy atom. The number of aromatic nitrogens is 1. The van der Waals surface area contributed by atoms with Gasteiger partial charge in [-0.25, -0.2) is 14.6 Å². The Morgan fingerprint density at radius 2 is 2.28 bits per heavy atom. The van der Waals surface area contributed by atoms with Crippen LogP contribution in [0.5, 0.6) is 0 Å². The zero-order valence-electron chi connectivity index (χ0n) is 10.6. The maximum Gasteiger partial charge on any atom is 0.326 e. The molecule has 0 saturated heterocycles. The minimum atomic E-state index is -1.02. The number of rotatable bonds is 5. The van der Waals surface area contributed by atoms with Crippen LogP contribution in [0.3, 0.4) is 0 Å². The lowest BCUT2D eigenvalue weighted by molar-refractivity contribution is -0.139. The zero-order chi connectivity index (χ0) is 13.7. The molecular formula is C11H17N3O3S. The highest BCUT2D eigenvalue weighted by molar-refractivity contribution is 7.09. The van der Waals surface area contributed by atoms with Crippen LogP contribution >= 0.6 is 11.3 Å². The van der Waals surface area contributed by atoms with Crippen LogP contribution in [0, 0.1) is 6.92 Å².